The zero-order valence-electron chi connectivity index (χ0n) is 5.77. The molecule has 0 fully saturated rings. The Hall–Kier alpha value is 0.140. The van der Waals surface area contributed by atoms with Crippen LogP contribution in [0.1, 0.15) is 16.1 Å². The van der Waals surface area contributed by atoms with E-state index in [4.69, 9.17) is 0 Å². The fraction of sp³-hybridized carbons (Fsp3) is 0.250. The van der Waals surface area contributed by atoms with E-state index >= 15 is 0 Å². The molecule has 11 heavy (non-hydrogen) atoms. The highest BCUT2D eigenvalue weighted by Gasteiger charge is 2.18. The van der Waals surface area contributed by atoms with Gasteiger partial charge < -0.3 is 0 Å². The molecular weight excluding hydrogens is 270 g/mol. The molecule has 0 bridgehead atoms. The van der Waals surface area contributed by atoms with Crippen molar-refractivity contribution in [1.82, 2.24) is 5.32 Å². The first-order valence-electron chi connectivity index (χ1n) is 3.43. The molecule has 0 aromatic heterocycles. The first-order valence-corrected chi connectivity index (χ1v) is 5.14. The summed E-state index contributed by atoms with van der Waals surface area (Å²) in [6, 6.07) is 6.36. The molecule has 3 heteroatoms. The van der Waals surface area contributed by atoms with Crippen molar-refractivity contribution < 1.29 is 0 Å². The molecule has 0 saturated heterocycles. The van der Waals surface area contributed by atoms with Gasteiger partial charge in [0.05, 0.1) is 4.95 Å². The van der Waals surface area contributed by atoms with E-state index in [1.165, 1.54) is 11.1 Å². The topological polar surface area (TPSA) is 12.0 Å². The molecule has 1 heterocycles. The Labute approximate surface area is 82.4 Å². The third kappa shape index (κ3) is 1.37. The second-order valence-corrected chi connectivity index (χ2v) is 4.42. The summed E-state index contributed by atoms with van der Waals surface area (Å²) >= 11 is 6.98. The van der Waals surface area contributed by atoms with Crippen LogP contribution in [0.4, 0.5) is 0 Å². The quantitative estimate of drug-likeness (QED) is 0.568. The lowest BCUT2D eigenvalue weighted by Crippen LogP contribution is -2.03. The molecule has 0 aliphatic carbocycles. The molecule has 1 aliphatic heterocycles. The number of hydrogen-bond donors (Lipinski definition) is 1. The van der Waals surface area contributed by atoms with Gasteiger partial charge in [-0.05, 0) is 23.3 Å². The Kier molecular flexibility index (Phi) is 2.04. The van der Waals surface area contributed by atoms with Gasteiger partial charge >= 0.3 is 0 Å². The maximum Gasteiger partial charge on any atom is 0.0892 e. The fourth-order valence-electron chi connectivity index (χ4n) is 1.28. The minimum atomic E-state index is 0.339. The van der Waals surface area contributed by atoms with Crippen molar-refractivity contribution in [3.8, 4) is 0 Å². The van der Waals surface area contributed by atoms with Crippen LogP contribution < -0.4 is 5.32 Å². The molecule has 1 atom stereocenters. The van der Waals surface area contributed by atoms with Crippen LogP contribution in [0.15, 0.2) is 22.7 Å². The van der Waals surface area contributed by atoms with Crippen molar-refractivity contribution in [3.05, 3.63) is 33.8 Å². The number of hydrogen-bond acceptors (Lipinski definition) is 1. The summed E-state index contributed by atoms with van der Waals surface area (Å²) in [4.78, 5) is 0.339. The van der Waals surface area contributed by atoms with Crippen molar-refractivity contribution in [2.45, 2.75) is 11.5 Å². The van der Waals surface area contributed by atoms with E-state index in [-0.39, 0.29) is 0 Å². The van der Waals surface area contributed by atoms with Gasteiger partial charge in [0.25, 0.3) is 0 Å². The van der Waals surface area contributed by atoms with Gasteiger partial charge in [0.15, 0.2) is 0 Å². The van der Waals surface area contributed by atoms with Crippen LogP contribution in [-0.2, 0) is 6.54 Å². The number of rotatable bonds is 0. The average molecular weight is 277 g/mol. The highest BCUT2D eigenvalue weighted by Crippen LogP contribution is 2.31. The van der Waals surface area contributed by atoms with Crippen LogP contribution in [0.3, 0.4) is 0 Å². The lowest BCUT2D eigenvalue weighted by Gasteiger charge is -2.01. The summed E-state index contributed by atoms with van der Waals surface area (Å²) in [5.41, 5.74) is 2.73. The molecule has 0 spiro atoms. The van der Waals surface area contributed by atoms with Gasteiger partial charge in [-0.25, -0.2) is 0 Å². The first kappa shape index (κ1) is 7.77. The Bertz CT molecular complexity index is 285. The highest BCUT2D eigenvalue weighted by atomic mass is 79.9. The van der Waals surface area contributed by atoms with Crippen molar-refractivity contribution in [1.29, 1.82) is 0 Å². The maximum absolute atomic E-state index is 3.54. The molecule has 1 aromatic carbocycles. The zero-order valence-corrected chi connectivity index (χ0v) is 8.94. The standard InChI is InChI=1S/C8H7Br2N/c9-6-1-2-7-5(3-6)4-11-8(7)10/h1-3,8,11H,4H2. The summed E-state index contributed by atoms with van der Waals surface area (Å²) in [7, 11) is 0. The van der Waals surface area contributed by atoms with E-state index in [0.29, 0.717) is 4.95 Å². The predicted octanol–water partition coefficient (Wildman–Crippen LogP) is 2.95. The summed E-state index contributed by atoms with van der Waals surface area (Å²) in [6.07, 6.45) is 0. The van der Waals surface area contributed by atoms with Gasteiger partial charge in [-0.15, -0.1) is 0 Å². The monoisotopic (exact) mass is 275 g/mol. The Morgan fingerprint density at radius 3 is 3.09 bits per heavy atom. The normalized spacial score (nSPS) is 21.8. The maximum atomic E-state index is 3.54. The van der Waals surface area contributed by atoms with Crippen LogP contribution in [0.5, 0.6) is 0 Å². The molecule has 1 N–H and O–H groups in total. The summed E-state index contributed by atoms with van der Waals surface area (Å²) in [5.74, 6) is 0. The van der Waals surface area contributed by atoms with Gasteiger partial charge in [-0.3, -0.25) is 5.32 Å². The first-order chi connectivity index (χ1) is 5.27. The minimum absolute atomic E-state index is 0.339. The fourth-order valence-corrected chi connectivity index (χ4v) is 2.30. The number of halogens is 2. The molecule has 0 amide bonds. The van der Waals surface area contributed by atoms with Crippen LogP contribution >= 0.6 is 31.9 Å². The Morgan fingerprint density at radius 2 is 2.27 bits per heavy atom. The largest absolute Gasteiger partial charge is 0.297 e. The van der Waals surface area contributed by atoms with Crippen molar-refractivity contribution in [2.75, 3.05) is 0 Å². The van der Waals surface area contributed by atoms with Gasteiger partial charge in [0.2, 0.25) is 0 Å². The average Bonchev–Trinajstić information content (AvgIpc) is 2.32. The summed E-state index contributed by atoms with van der Waals surface area (Å²) < 4.78 is 1.15. The van der Waals surface area contributed by atoms with E-state index < -0.39 is 0 Å². The number of nitrogens with one attached hydrogen (secondary N) is 1. The predicted molar refractivity (Wildman–Crippen MR) is 52.6 cm³/mol. The smallest absolute Gasteiger partial charge is 0.0892 e. The molecule has 1 aromatic rings. The number of alkyl halides is 1. The molecule has 2 rings (SSSR count). The van der Waals surface area contributed by atoms with Crippen LogP contribution in [0.25, 0.3) is 0 Å². The number of benzene rings is 1. The third-order valence-corrected chi connectivity index (χ3v) is 3.16. The lowest BCUT2D eigenvalue weighted by molar-refractivity contribution is 0.758. The highest BCUT2D eigenvalue weighted by molar-refractivity contribution is 9.10. The van der Waals surface area contributed by atoms with Gasteiger partial charge in [0.1, 0.15) is 0 Å². The molecule has 1 unspecified atom stereocenters. The van der Waals surface area contributed by atoms with Gasteiger partial charge in [-0.2, -0.15) is 0 Å². The van der Waals surface area contributed by atoms with Crippen molar-refractivity contribution >= 4 is 31.9 Å². The van der Waals surface area contributed by atoms with E-state index in [1.807, 2.05) is 0 Å². The molecular formula is C8H7Br2N. The van der Waals surface area contributed by atoms with Crippen molar-refractivity contribution in [2.24, 2.45) is 0 Å². The molecule has 1 aliphatic rings. The lowest BCUT2D eigenvalue weighted by atomic mass is 10.1. The second-order valence-electron chi connectivity index (χ2n) is 2.59. The summed E-state index contributed by atoms with van der Waals surface area (Å²) in [6.45, 7) is 0.963. The number of fused-ring (bicyclic) bond motifs is 1. The minimum Gasteiger partial charge on any atom is -0.297 e. The SMILES string of the molecule is Brc1ccc2c(c1)CNC2Br. The second kappa shape index (κ2) is 2.88. The molecule has 0 radical (unpaired) electrons. The summed E-state index contributed by atoms with van der Waals surface area (Å²) in [5, 5.41) is 3.31. The third-order valence-electron chi connectivity index (χ3n) is 1.85. The van der Waals surface area contributed by atoms with E-state index in [1.54, 1.807) is 0 Å². The Morgan fingerprint density at radius 1 is 1.45 bits per heavy atom. The Balaban J connectivity index is 2.50. The molecule has 1 nitrogen and oxygen atoms in total. The van der Waals surface area contributed by atoms with Crippen LogP contribution in [0.2, 0.25) is 0 Å². The van der Waals surface area contributed by atoms with E-state index in [9.17, 15) is 0 Å². The van der Waals surface area contributed by atoms with E-state index in [2.05, 4.69) is 55.4 Å². The zero-order chi connectivity index (χ0) is 7.84. The molecule has 0 saturated carbocycles. The van der Waals surface area contributed by atoms with Crippen LogP contribution in [0, 0.1) is 0 Å². The van der Waals surface area contributed by atoms with Gasteiger partial charge in [0, 0.05) is 11.0 Å². The van der Waals surface area contributed by atoms with E-state index in [0.717, 1.165) is 11.0 Å². The van der Waals surface area contributed by atoms with Crippen molar-refractivity contribution in [3.63, 3.8) is 0 Å². The van der Waals surface area contributed by atoms with Gasteiger partial charge in [-0.1, -0.05) is 37.9 Å². The van der Waals surface area contributed by atoms with Crippen LogP contribution in [-0.4, -0.2) is 0 Å². The molecule has 58 valence electrons.